The summed E-state index contributed by atoms with van der Waals surface area (Å²) in [5, 5.41) is 0. The van der Waals surface area contributed by atoms with E-state index >= 15 is 0 Å². The molecule has 0 rings (SSSR count). The van der Waals surface area contributed by atoms with Gasteiger partial charge in [-0.3, -0.25) is 0 Å². The summed E-state index contributed by atoms with van der Waals surface area (Å²) in [4.78, 5) is 2.04. The van der Waals surface area contributed by atoms with Crippen molar-refractivity contribution in [1.82, 2.24) is 4.90 Å². The van der Waals surface area contributed by atoms with Crippen LogP contribution in [0.15, 0.2) is 98.1 Å². The molecule has 0 N–H and O–H groups in total. The van der Waals surface area contributed by atoms with E-state index in [2.05, 4.69) is 26.3 Å². The summed E-state index contributed by atoms with van der Waals surface area (Å²) >= 11 is 0. The lowest BCUT2D eigenvalue weighted by molar-refractivity contribution is 0.577. The molecule has 0 aromatic heterocycles. The van der Waals surface area contributed by atoms with Gasteiger partial charge in [-0.25, -0.2) is 0 Å². The summed E-state index contributed by atoms with van der Waals surface area (Å²) in [5.74, 6) is 0. The highest BCUT2D eigenvalue weighted by Crippen LogP contribution is 2.23. The van der Waals surface area contributed by atoms with Crippen LogP contribution < -0.4 is 0 Å². The van der Waals surface area contributed by atoms with Crippen LogP contribution in [0, 0.1) is 0 Å². The molecule has 0 aliphatic carbocycles. The average molecular weight is 253 g/mol. The van der Waals surface area contributed by atoms with Crippen LogP contribution >= 0.6 is 0 Å². The Morgan fingerprint density at radius 3 is 1.53 bits per heavy atom. The number of hydrogen-bond acceptors (Lipinski definition) is 1. The summed E-state index contributed by atoms with van der Waals surface area (Å²) in [6, 6.07) is 0. The lowest BCUT2D eigenvalue weighted by Crippen LogP contribution is -2.19. The first-order chi connectivity index (χ1) is 9.19. The van der Waals surface area contributed by atoms with Crippen molar-refractivity contribution in [1.29, 1.82) is 0 Å². The Labute approximate surface area is 117 Å². The van der Waals surface area contributed by atoms with Crippen LogP contribution in [0.1, 0.15) is 13.8 Å². The molecular weight excluding hydrogens is 230 g/mol. The zero-order valence-corrected chi connectivity index (χ0v) is 12.0. The predicted molar refractivity (Wildman–Crippen MR) is 87.4 cm³/mol. The van der Waals surface area contributed by atoms with Crippen molar-refractivity contribution in [3.63, 3.8) is 0 Å². The monoisotopic (exact) mass is 253 g/mol. The Hall–Kier alpha value is -2.28. The molecule has 0 atom stereocenters. The van der Waals surface area contributed by atoms with Crippen LogP contribution in [0.5, 0.6) is 0 Å². The molecule has 1 heteroatoms. The maximum atomic E-state index is 3.86. The zero-order chi connectivity index (χ0) is 14.7. The van der Waals surface area contributed by atoms with Gasteiger partial charge in [0.1, 0.15) is 0 Å². The molecule has 0 aromatic rings. The molecule has 1 nitrogen and oxygen atoms in total. The lowest BCUT2D eigenvalue weighted by Gasteiger charge is -2.27. The summed E-state index contributed by atoms with van der Waals surface area (Å²) in [7, 11) is 0. The quantitative estimate of drug-likeness (QED) is 0.532. The molecule has 19 heavy (non-hydrogen) atoms. The molecule has 0 unspecified atom stereocenters. The molecular formula is C18H23N. The van der Waals surface area contributed by atoms with Crippen molar-refractivity contribution >= 4 is 0 Å². The molecule has 0 spiro atoms. The second kappa shape index (κ2) is 9.72. The second-order valence-corrected chi connectivity index (χ2v) is 3.61. The van der Waals surface area contributed by atoms with E-state index in [1.807, 2.05) is 49.1 Å². The van der Waals surface area contributed by atoms with Gasteiger partial charge in [0.05, 0.1) is 0 Å². The van der Waals surface area contributed by atoms with E-state index in [-0.39, 0.29) is 0 Å². The number of nitrogens with zero attached hydrogens (tertiary/aromatic N) is 1. The number of allylic oxidation sites excluding steroid dienone is 9. The molecule has 0 heterocycles. The van der Waals surface area contributed by atoms with Gasteiger partial charge < -0.3 is 4.90 Å². The van der Waals surface area contributed by atoms with E-state index in [1.165, 1.54) is 0 Å². The number of hydrogen-bond donors (Lipinski definition) is 0. The van der Waals surface area contributed by atoms with E-state index < -0.39 is 0 Å². The third-order valence-electron chi connectivity index (χ3n) is 2.40. The van der Waals surface area contributed by atoms with Gasteiger partial charge in [-0.1, -0.05) is 50.6 Å². The van der Waals surface area contributed by atoms with Gasteiger partial charge in [-0.2, -0.15) is 0 Å². The van der Waals surface area contributed by atoms with Gasteiger partial charge in [-0.15, -0.1) is 0 Å². The average Bonchev–Trinajstić information content (AvgIpc) is 2.43. The fourth-order valence-corrected chi connectivity index (χ4v) is 1.63. The molecule has 0 bridgehead atoms. The largest absolute Gasteiger partial charge is 0.311 e. The normalized spacial score (nSPS) is 13.3. The van der Waals surface area contributed by atoms with Crippen LogP contribution in [0.4, 0.5) is 0 Å². The Morgan fingerprint density at radius 2 is 1.26 bits per heavy atom. The molecule has 100 valence electrons. The SMILES string of the molecule is C=C/C=C(\C=C)N(/C(C=C)=C/C=C)C(/C=C\C)=C/C. The van der Waals surface area contributed by atoms with Crippen LogP contribution in [0.3, 0.4) is 0 Å². The standard InChI is InChI=1S/C18H23N/c1-7-13-16(10-4)19(17(11-5)14-8-2)18(12-6)15-9-3/h7-15H,1-2,4-5H2,3,6H3/b15-9-,16-13+,17-14+,18-12+. The van der Waals surface area contributed by atoms with Gasteiger partial charge in [-0.05, 0) is 44.2 Å². The van der Waals surface area contributed by atoms with E-state index in [9.17, 15) is 0 Å². The first-order valence-electron chi connectivity index (χ1n) is 6.19. The molecule has 0 aromatic carbocycles. The third kappa shape index (κ3) is 4.84. The van der Waals surface area contributed by atoms with E-state index in [0.29, 0.717) is 0 Å². The smallest absolute Gasteiger partial charge is 0.0455 e. The van der Waals surface area contributed by atoms with Gasteiger partial charge in [0, 0.05) is 17.1 Å². The van der Waals surface area contributed by atoms with Crippen LogP contribution in [-0.2, 0) is 0 Å². The Bertz CT molecular complexity index is 426. The van der Waals surface area contributed by atoms with Crippen LogP contribution in [-0.4, -0.2) is 4.90 Å². The molecule has 0 amide bonds. The molecule has 0 fully saturated rings. The Morgan fingerprint density at radius 1 is 0.789 bits per heavy atom. The van der Waals surface area contributed by atoms with Gasteiger partial charge in [0.2, 0.25) is 0 Å². The molecule has 0 aliphatic heterocycles. The van der Waals surface area contributed by atoms with Crippen molar-refractivity contribution in [2.24, 2.45) is 0 Å². The minimum atomic E-state index is 0.925. The second-order valence-electron chi connectivity index (χ2n) is 3.61. The Balaban J connectivity index is 5.99. The predicted octanol–water partition coefficient (Wildman–Crippen LogP) is 5.28. The highest BCUT2D eigenvalue weighted by molar-refractivity contribution is 5.39. The zero-order valence-electron chi connectivity index (χ0n) is 12.0. The highest BCUT2D eigenvalue weighted by Gasteiger charge is 2.12. The van der Waals surface area contributed by atoms with Crippen LogP contribution in [0.25, 0.3) is 0 Å². The summed E-state index contributed by atoms with van der Waals surface area (Å²) in [6.07, 6.45) is 16.9. The molecule has 0 radical (unpaired) electrons. The summed E-state index contributed by atoms with van der Waals surface area (Å²) in [6.45, 7) is 19.2. The van der Waals surface area contributed by atoms with E-state index in [1.54, 1.807) is 24.3 Å². The number of rotatable bonds is 8. The third-order valence-corrected chi connectivity index (χ3v) is 2.40. The summed E-state index contributed by atoms with van der Waals surface area (Å²) < 4.78 is 0. The molecule has 0 aliphatic rings. The van der Waals surface area contributed by atoms with E-state index in [0.717, 1.165) is 17.1 Å². The Kier molecular flexibility index (Phi) is 8.55. The van der Waals surface area contributed by atoms with Crippen LogP contribution in [0.2, 0.25) is 0 Å². The molecule has 0 saturated carbocycles. The van der Waals surface area contributed by atoms with Crippen molar-refractivity contribution in [3.8, 4) is 0 Å². The van der Waals surface area contributed by atoms with Crippen molar-refractivity contribution in [2.75, 3.05) is 0 Å². The summed E-state index contributed by atoms with van der Waals surface area (Å²) in [5.41, 5.74) is 2.88. The van der Waals surface area contributed by atoms with Gasteiger partial charge >= 0.3 is 0 Å². The highest BCUT2D eigenvalue weighted by atomic mass is 15.2. The fraction of sp³-hybridized carbons (Fsp3) is 0.111. The van der Waals surface area contributed by atoms with Crippen molar-refractivity contribution < 1.29 is 0 Å². The van der Waals surface area contributed by atoms with Gasteiger partial charge in [0.25, 0.3) is 0 Å². The maximum absolute atomic E-state index is 3.86. The van der Waals surface area contributed by atoms with E-state index in [4.69, 9.17) is 0 Å². The lowest BCUT2D eigenvalue weighted by atomic mass is 10.2. The maximum Gasteiger partial charge on any atom is 0.0455 e. The first-order valence-corrected chi connectivity index (χ1v) is 6.19. The van der Waals surface area contributed by atoms with Crippen molar-refractivity contribution in [2.45, 2.75) is 13.8 Å². The van der Waals surface area contributed by atoms with Crippen molar-refractivity contribution in [3.05, 3.63) is 98.1 Å². The minimum absolute atomic E-state index is 0.925. The fourth-order valence-electron chi connectivity index (χ4n) is 1.63. The first kappa shape index (κ1) is 16.7. The van der Waals surface area contributed by atoms with Gasteiger partial charge in [0.15, 0.2) is 0 Å². The molecule has 0 saturated heterocycles. The topological polar surface area (TPSA) is 3.24 Å². The minimum Gasteiger partial charge on any atom is -0.311 e.